The normalized spacial score (nSPS) is 11.7. The number of hydrogen-bond donors (Lipinski definition) is 0. The summed E-state index contributed by atoms with van der Waals surface area (Å²) in [4.78, 5) is 0. The van der Waals surface area contributed by atoms with E-state index in [1.165, 1.54) is 0 Å². The monoisotopic (exact) mass is 459 g/mol. The summed E-state index contributed by atoms with van der Waals surface area (Å²) >= 11 is 14.5. The molecule has 0 spiro atoms. The van der Waals surface area contributed by atoms with Crippen LogP contribution in [0.1, 0.15) is 0 Å². The Labute approximate surface area is 179 Å². The van der Waals surface area contributed by atoms with Crippen LogP contribution in [0.2, 0.25) is 0 Å². The molecule has 7 heteroatoms. The van der Waals surface area contributed by atoms with E-state index in [9.17, 15) is 8.78 Å². The van der Waals surface area contributed by atoms with Gasteiger partial charge in [0.15, 0.2) is 0 Å². The highest BCUT2D eigenvalue weighted by molar-refractivity contribution is 7.98. The Kier molecular flexibility index (Phi) is 9.37. The molecule has 0 aliphatic heterocycles. The van der Waals surface area contributed by atoms with Crippen molar-refractivity contribution >= 4 is 58.5 Å². The molecule has 3 aromatic carbocycles. The average molecular weight is 461 g/mol. The van der Waals surface area contributed by atoms with E-state index in [1.54, 1.807) is 5.82 Å². The summed E-state index contributed by atoms with van der Waals surface area (Å²) in [6.07, 6.45) is -2.70. The van der Waals surface area contributed by atoms with Crippen molar-refractivity contribution in [2.75, 3.05) is 0 Å². The van der Waals surface area contributed by atoms with Gasteiger partial charge in [0.1, 0.15) is 28.2 Å². The van der Waals surface area contributed by atoms with Crippen LogP contribution < -0.4 is 15.9 Å². The van der Waals surface area contributed by atoms with Crippen LogP contribution in [0.4, 0.5) is 8.78 Å². The van der Waals surface area contributed by atoms with E-state index in [-0.39, 0.29) is 0 Å². The largest absolute Gasteiger partial charge is 0.277 e. The predicted octanol–water partition coefficient (Wildman–Crippen LogP) is 6.64. The number of halogens is 5. The molecule has 0 fully saturated rings. The highest BCUT2D eigenvalue weighted by atomic mass is 35.6. The van der Waals surface area contributed by atoms with Crippen LogP contribution in [0.3, 0.4) is 0 Å². The molecule has 0 heterocycles. The molecule has 0 bridgehead atoms. The second kappa shape index (κ2) is 11.5. The van der Waals surface area contributed by atoms with Crippen molar-refractivity contribution in [3.8, 4) is 0 Å². The summed E-state index contributed by atoms with van der Waals surface area (Å²) in [6, 6.07) is 29.3. The van der Waals surface area contributed by atoms with Gasteiger partial charge in [-0.3, -0.25) is 0 Å². The lowest BCUT2D eigenvalue weighted by atomic mass is 10.4. The molecule has 3 rings (SSSR count). The van der Waals surface area contributed by atoms with Crippen molar-refractivity contribution in [1.82, 2.24) is 0 Å². The molecular weight excluding hydrogens is 444 g/mol. The Balaban J connectivity index is 0.000000878. The molecule has 146 valence electrons. The molecule has 1 nitrogen and oxygen atoms in total. The average Bonchev–Trinajstić information content (AvgIpc) is 2.74. The molecule has 0 saturated heterocycles. The van der Waals surface area contributed by atoms with Crippen molar-refractivity contribution in [3.63, 3.8) is 0 Å². The van der Waals surface area contributed by atoms with Crippen LogP contribution in [0.5, 0.6) is 0 Å². The molecule has 0 unspecified atom stereocenters. The maximum Gasteiger partial charge on any atom is 0.277 e. The molecule has 0 radical (unpaired) electrons. The van der Waals surface area contributed by atoms with Gasteiger partial charge in [-0.05, 0) is 36.4 Å². The third-order valence-corrected chi connectivity index (χ3v) is 8.45. The van der Waals surface area contributed by atoms with Gasteiger partial charge in [-0.2, -0.15) is 3.84 Å². The van der Waals surface area contributed by atoms with E-state index in [4.69, 9.17) is 11.6 Å². The van der Waals surface area contributed by atoms with E-state index in [0.717, 1.165) is 15.9 Å². The summed E-state index contributed by atoms with van der Waals surface area (Å²) in [5.74, 6) is 1.58. The van der Waals surface area contributed by atoms with Crippen LogP contribution in [-0.2, 0) is 3.84 Å². The number of benzene rings is 3. The van der Waals surface area contributed by atoms with Crippen LogP contribution in [-0.4, -0.2) is 6.43 Å². The van der Waals surface area contributed by atoms with E-state index in [2.05, 4.69) is 27.6 Å². The van der Waals surface area contributed by atoms with E-state index in [0.29, 0.717) is 0 Å². The van der Waals surface area contributed by atoms with Crippen LogP contribution >= 0.6 is 42.6 Å². The zero-order valence-corrected chi connectivity index (χ0v) is 17.7. The highest BCUT2D eigenvalue weighted by Gasteiger charge is 2.44. The maximum absolute atomic E-state index is 13.3. The van der Waals surface area contributed by atoms with E-state index < -0.39 is 18.7 Å². The van der Waals surface area contributed by atoms with Gasteiger partial charge in [-0.15, -0.1) is 0 Å². The van der Waals surface area contributed by atoms with Gasteiger partial charge in [0.25, 0.3) is 6.43 Å². The molecule has 0 aliphatic rings. The fourth-order valence-electron chi connectivity index (χ4n) is 2.90. The second-order valence-electron chi connectivity index (χ2n) is 5.60. The Morgan fingerprint density at radius 2 is 1.00 bits per heavy atom. The van der Waals surface area contributed by atoms with Gasteiger partial charge < -0.3 is 0 Å². The predicted molar refractivity (Wildman–Crippen MR) is 118 cm³/mol. The molecule has 0 atom stereocenters. The molecule has 0 N–H and O–H groups in total. The van der Waals surface area contributed by atoms with E-state index in [1.807, 2.05) is 91.0 Å². The Morgan fingerprint density at radius 1 is 0.714 bits per heavy atom. The second-order valence-corrected chi connectivity index (χ2v) is 9.76. The van der Waals surface area contributed by atoms with Crippen molar-refractivity contribution in [2.24, 2.45) is 0 Å². The molecule has 0 saturated carbocycles. The SMILES string of the molecule is ClOCl.FC(F)C(Cl)=C[P+](c1ccccc1)(c1ccccc1)c1ccccc1. The van der Waals surface area contributed by atoms with Crippen molar-refractivity contribution in [1.29, 1.82) is 0 Å². The molecule has 0 amide bonds. The standard InChI is InChI=1S/C21H17ClF2P.Cl2O/c22-20(21(23)24)16-25(17-10-4-1-5-11-17,18-12-6-2-7-13-18)19-14-8-3-9-15-19;1-3-2/h1-16,21H;/q+1;. The quantitative estimate of drug-likeness (QED) is 0.388. The minimum absolute atomic E-state index is 0.412. The smallest absolute Gasteiger partial charge is 0.204 e. The third kappa shape index (κ3) is 5.53. The van der Waals surface area contributed by atoms with Crippen molar-refractivity contribution in [3.05, 3.63) is 102 Å². The first-order valence-electron chi connectivity index (χ1n) is 8.17. The summed E-state index contributed by atoms with van der Waals surface area (Å²) in [5, 5.41) is 2.56. The van der Waals surface area contributed by atoms with Gasteiger partial charge in [0.05, 0.1) is 29.5 Å². The topological polar surface area (TPSA) is 9.23 Å². The van der Waals surface area contributed by atoms with Gasteiger partial charge in [0.2, 0.25) is 0 Å². The molecule has 3 aromatic rings. The third-order valence-electron chi connectivity index (χ3n) is 4.02. The molecule has 28 heavy (non-hydrogen) atoms. The number of hydrogen-bond acceptors (Lipinski definition) is 1. The Hall–Kier alpha value is -1.48. The summed E-state index contributed by atoms with van der Waals surface area (Å²) in [5.41, 5.74) is 0. The number of rotatable bonds is 5. The lowest BCUT2D eigenvalue weighted by Gasteiger charge is -2.24. The zero-order valence-electron chi connectivity index (χ0n) is 14.6. The van der Waals surface area contributed by atoms with Gasteiger partial charge >= 0.3 is 0 Å². The first-order valence-corrected chi connectivity index (χ1v) is 11.0. The molecule has 0 aliphatic carbocycles. The summed E-state index contributed by atoms with van der Waals surface area (Å²) in [6.45, 7) is 0. The van der Waals surface area contributed by atoms with Gasteiger partial charge in [-0.1, -0.05) is 66.2 Å². The number of alkyl halides is 2. The minimum atomic E-state index is -2.70. The summed E-state index contributed by atoms with van der Waals surface area (Å²) in [7, 11) is -2.44. The van der Waals surface area contributed by atoms with Crippen LogP contribution in [0.25, 0.3) is 0 Å². The maximum atomic E-state index is 13.3. The lowest BCUT2D eigenvalue weighted by molar-refractivity contribution is 0.199. The zero-order chi connectivity index (χ0) is 20.4. The minimum Gasteiger partial charge on any atom is -0.204 e. The van der Waals surface area contributed by atoms with Crippen LogP contribution in [0, 0.1) is 0 Å². The highest BCUT2D eigenvalue weighted by Crippen LogP contribution is 2.58. The fraction of sp³-hybridized carbons (Fsp3) is 0.0476. The molecular formula is C21H17Cl3F2OP+. The van der Waals surface area contributed by atoms with Crippen molar-refractivity contribution < 1.29 is 12.6 Å². The molecule has 0 aromatic heterocycles. The van der Waals surface area contributed by atoms with E-state index >= 15 is 0 Å². The lowest BCUT2D eigenvalue weighted by Crippen LogP contribution is -2.30. The van der Waals surface area contributed by atoms with Gasteiger partial charge in [-0.25, -0.2) is 8.78 Å². The fourth-order valence-corrected chi connectivity index (χ4v) is 7.09. The van der Waals surface area contributed by atoms with Gasteiger partial charge in [0, 0.05) is 0 Å². The Bertz CT molecular complexity index is 766. The van der Waals surface area contributed by atoms with Crippen LogP contribution in [0.15, 0.2) is 102 Å². The number of allylic oxidation sites excluding steroid dienone is 1. The van der Waals surface area contributed by atoms with Crippen molar-refractivity contribution in [2.45, 2.75) is 6.43 Å². The summed E-state index contributed by atoms with van der Waals surface area (Å²) < 4.78 is 29.8. The first-order chi connectivity index (χ1) is 13.6. The Morgan fingerprint density at radius 3 is 1.25 bits per heavy atom. The first kappa shape index (κ1) is 22.8.